The molecule has 8 heteroatoms. The lowest BCUT2D eigenvalue weighted by atomic mass is 9.91. The van der Waals surface area contributed by atoms with E-state index in [4.69, 9.17) is 23.1 Å². The van der Waals surface area contributed by atoms with Crippen LogP contribution in [0.1, 0.15) is 23.6 Å². The Kier molecular flexibility index (Phi) is 7.25. The summed E-state index contributed by atoms with van der Waals surface area (Å²) < 4.78 is 27.8. The SMILES string of the molecule is COc1ccc(C2=CC(O)=C(C(C)=O)Cc3c2cc(OC)c(OC)c3OC)cc1OSC. The van der Waals surface area contributed by atoms with Crippen LogP contribution in [-0.2, 0) is 11.2 Å². The first-order chi connectivity index (χ1) is 15.4. The van der Waals surface area contributed by atoms with Crippen molar-refractivity contribution in [2.45, 2.75) is 13.3 Å². The van der Waals surface area contributed by atoms with E-state index in [0.717, 1.165) is 11.1 Å². The fourth-order valence-electron chi connectivity index (χ4n) is 3.74. The minimum absolute atomic E-state index is 0.105. The maximum atomic E-state index is 12.3. The van der Waals surface area contributed by atoms with Crippen molar-refractivity contribution in [1.82, 2.24) is 0 Å². The number of methoxy groups -OCH3 is 4. The highest BCUT2D eigenvalue weighted by Crippen LogP contribution is 2.48. The van der Waals surface area contributed by atoms with Gasteiger partial charge in [0.25, 0.3) is 0 Å². The molecule has 0 fully saturated rings. The monoisotopic (exact) mass is 458 g/mol. The van der Waals surface area contributed by atoms with Crippen molar-refractivity contribution >= 4 is 23.4 Å². The van der Waals surface area contributed by atoms with Gasteiger partial charge in [-0.3, -0.25) is 4.79 Å². The number of hydrogen-bond donors (Lipinski definition) is 1. The lowest BCUT2D eigenvalue weighted by molar-refractivity contribution is -0.113. The Morgan fingerprint density at radius 2 is 1.62 bits per heavy atom. The Balaban J connectivity index is 2.37. The minimum Gasteiger partial charge on any atom is -0.508 e. The molecular formula is C24H26O7S. The number of Topliss-reactive ketones (excluding diaryl/α,β-unsaturated/α-hetero) is 1. The van der Waals surface area contributed by atoms with Crippen LogP contribution < -0.4 is 23.1 Å². The first-order valence-corrected chi connectivity index (χ1v) is 10.9. The van der Waals surface area contributed by atoms with Crippen LogP contribution in [0.4, 0.5) is 0 Å². The van der Waals surface area contributed by atoms with E-state index >= 15 is 0 Å². The van der Waals surface area contributed by atoms with Crippen molar-refractivity contribution in [3.63, 3.8) is 0 Å². The topological polar surface area (TPSA) is 83.5 Å². The predicted molar refractivity (Wildman–Crippen MR) is 124 cm³/mol. The average molecular weight is 459 g/mol. The van der Waals surface area contributed by atoms with Gasteiger partial charge in [0, 0.05) is 23.8 Å². The lowest BCUT2D eigenvalue weighted by Crippen LogP contribution is -2.07. The summed E-state index contributed by atoms with van der Waals surface area (Å²) in [4.78, 5) is 12.3. The van der Waals surface area contributed by atoms with Crippen molar-refractivity contribution in [1.29, 1.82) is 0 Å². The minimum atomic E-state index is -0.232. The zero-order chi connectivity index (χ0) is 23.4. The quantitative estimate of drug-likeness (QED) is 0.567. The van der Waals surface area contributed by atoms with Crippen molar-refractivity contribution in [3.05, 3.63) is 58.4 Å². The second-order valence-electron chi connectivity index (χ2n) is 6.94. The molecule has 0 unspecified atom stereocenters. The molecule has 0 saturated carbocycles. The molecule has 0 atom stereocenters. The Hall–Kier alpha value is -3.26. The molecule has 0 amide bonds. The summed E-state index contributed by atoms with van der Waals surface area (Å²) in [7, 11) is 6.16. The predicted octanol–water partition coefficient (Wildman–Crippen LogP) is 4.77. The van der Waals surface area contributed by atoms with E-state index in [2.05, 4.69) is 0 Å². The molecule has 170 valence electrons. The van der Waals surface area contributed by atoms with Gasteiger partial charge in [-0.2, -0.15) is 0 Å². The van der Waals surface area contributed by atoms with Crippen LogP contribution >= 0.6 is 12.0 Å². The molecule has 0 spiro atoms. The third-order valence-electron chi connectivity index (χ3n) is 5.24. The van der Waals surface area contributed by atoms with E-state index in [0.29, 0.717) is 39.9 Å². The van der Waals surface area contributed by atoms with Gasteiger partial charge in [-0.25, -0.2) is 0 Å². The number of ketones is 1. The van der Waals surface area contributed by atoms with Crippen LogP contribution in [0.2, 0.25) is 0 Å². The zero-order valence-electron chi connectivity index (χ0n) is 18.9. The number of allylic oxidation sites excluding steroid dienone is 2. The van der Waals surface area contributed by atoms with Crippen LogP contribution in [-0.4, -0.2) is 45.6 Å². The molecule has 0 radical (unpaired) electrons. The van der Waals surface area contributed by atoms with E-state index < -0.39 is 0 Å². The molecule has 1 aliphatic carbocycles. The van der Waals surface area contributed by atoms with Gasteiger partial charge in [0.15, 0.2) is 28.8 Å². The lowest BCUT2D eigenvalue weighted by Gasteiger charge is -2.21. The number of carbonyl (C=O) groups is 1. The maximum absolute atomic E-state index is 12.3. The Morgan fingerprint density at radius 1 is 0.938 bits per heavy atom. The van der Waals surface area contributed by atoms with Gasteiger partial charge in [0.2, 0.25) is 5.75 Å². The number of aliphatic hydroxyl groups excluding tert-OH is 1. The van der Waals surface area contributed by atoms with Gasteiger partial charge in [0.05, 0.1) is 40.5 Å². The second kappa shape index (κ2) is 9.91. The fraction of sp³-hybridized carbons (Fsp3) is 0.292. The fourth-order valence-corrected chi connectivity index (χ4v) is 4.05. The molecule has 32 heavy (non-hydrogen) atoms. The number of benzene rings is 2. The maximum Gasteiger partial charge on any atom is 0.203 e. The largest absolute Gasteiger partial charge is 0.508 e. The highest BCUT2D eigenvalue weighted by Gasteiger charge is 2.28. The summed E-state index contributed by atoms with van der Waals surface area (Å²) in [5.41, 5.74) is 3.14. The Bertz CT molecular complexity index is 1100. The van der Waals surface area contributed by atoms with E-state index in [9.17, 15) is 9.90 Å². The van der Waals surface area contributed by atoms with Gasteiger partial charge in [-0.05, 0) is 47.9 Å². The molecule has 0 aliphatic heterocycles. The molecule has 0 aromatic heterocycles. The Labute approximate surface area is 191 Å². The van der Waals surface area contributed by atoms with Crippen LogP contribution in [0.15, 0.2) is 41.7 Å². The summed E-state index contributed by atoms with van der Waals surface area (Å²) in [6, 6.07) is 7.28. The molecule has 1 aliphatic rings. The Morgan fingerprint density at radius 3 is 2.19 bits per heavy atom. The number of ether oxygens (including phenoxy) is 4. The van der Waals surface area contributed by atoms with Crippen molar-refractivity contribution in [2.24, 2.45) is 0 Å². The molecule has 0 saturated heterocycles. The smallest absolute Gasteiger partial charge is 0.203 e. The standard InChI is InChI=1S/C24H26O7S/c1-13(25)15-10-18-17(12-22(28-3)24(30-5)23(18)29-4)16(11-19(15)26)14-7-8-20(27-2)21(9-14)31-32-6/h7-9,11-12,26H,10H2,1-6H3. The number of carbonyl (C=O) groups excluding carboxylic acids is 1. The summed E-state index contributed by atoms with van der Waals surface area (Å²) in [5.74, 6) is 2.09. The van der Waals surface area contributed by atoms with Crippen LogP contribution in [0.3, 0.4) is 0 Å². The molecule has 1 N–H and O–H groups in total. The molecule has 0 heterocycles. The molecular weight excluding hydrogens is 432 g/mol. The summed E-state index contributed by atoms with van der Waals surface area (Å²) in [6.07, 6.45) is 3.56. The summed E-state index contributed by atoms with van der Waals surface area (Å²) >= 11 is 1.19. The van der Waals surface area contributed by atoms with Crippen LogP contribution in [0, 0.1) is 0 Å². The van der Waals surface area contributed by atoms with Crippen LogP contribution in [0.5, 0.6) is 28.7 Å². The normalized spacial score (nSPS) is 13.0. The number of rotatable bonds is 8. The van der Waals surface area contributed by atoms with E-state index in [1.807, 2.05) is 24.5 Å². The number of fused-ring (bicyclic) bond motifs is 1. The second-order valence-corrected chi connectivity index (χ2v) is 7.44. The van der Waals surface area contributed by atoms with Gasteiger partial charge in [-0.1, -0.05) is 6.07 Å². The molecule has 2 aromatic rings. The first kappa shape index (κ1) is 23.4. The van der Waals surface area contributed by atoms with Gasteiger partial charge >= 0.3 is 0 Å². The van der Waals surface area contributed by atoms with Gasteiger partial charge in [-0.15, -0.1) is 0 Å². The first-order valence-electron chi connectivity index (χ1n) is 9.76. The van der Waals surface area contributed by atoms with Crippen LogP contribution in [0.25, 0.3) is 5.57 Å². The number of hydrogen-bond acceptors (Lipinski definition) is 8. The average Bonchev–Trinajstić information content (AvgIpc) is 2.94. The van der Waals surface area contributed by atoms with Gasteiger partial charge < -0.3 is 28.2 Å². The molecule has 2 aromatic carbocycles. The van der Waals surface area contributed by atoms with E-state index in [1.54, 1.807) is 19.3 Å². The van der Waals surface area contributed by atoms with Crippen molar-refractivity contribution < 1.29 is 33.0 Å². The van der Waals surface area contributed by atoms with Gasteiger partial charge in [0.1, 0.15) is 5.76 Å². The molecule has 7 nitrogen and oxygen atoms in total. The van der Waals surface area contributed by atoms with Crippen molar-refractivity contribution in [3.8, 4) is 28.7 Å². The molecule has 3 rings (SSSR count). The summed E-state index contributed by atoms with van der Waals surface area (Å²) in [5, 5.41) is 10.8. The highest BCUT2D eigenvalue weighted by molar-refractivity contribution is 7.94. The third kappa shape index (κ3) is 4.23. The van der Waals surface area contributed by atoms with Crippen molar-refractivity contribution in [2.75, 3.05) is 34.7 Å². The van der Waals surface area contributed by atoms with E-state index in [-0.39, 0.29) is 23.5 Å². The summed E-state index contributed by atoms with van der Waals surface area (Å²) in [6.45, 7) is 1.43. The molecule has 0 bridgehead atoms. The van der Waals surface area contributed by atoms with E-state index in [1.165, 1.54) is 40.3 Å². The number of aliphatic hydroxyl groups is 1. The third-order valence-corrected chi connectivity index (χ3v) is 5.59. The highest BCUT2D eigenvalue weighted by atomic mass is 32.2. The zero-order valence-corrected chi connectivity index (χ0v) is 19.7.